The smallest absolute Gasteiger partial charge is 0.0991 e. The lowest BCUT2D eigenvalue weighted by molar-refractivity contribution is 0.975. The van der Waals surface area contributed by atoms with E-state index >= 15 is 0 Å². The van der Waals surface area contributed by atoms with E-state index < -0.39 is 0 Å². The van der Waals surface area contributed by atoms with Crippen molar-refractivity contribution in [1.29, 1.82) is 5.26 Å². The number of benzene rings is 1. The van der Waals surface area contributed by atoms with Crippen molar-refractivity contribution < 1.29 is 0 Å². The third kappa shape index (κ3) is 1.77. The average Bonchev–Trinajstić information content (AvgIpc) is 2.91. The topological polar surface area (TPSA) is 36.7 Å². The van der Waals surface area contributed by atoms with Crippen LogP contribution in [0.4, 0.5) is 0 Å². The first-order valence-electron chi connectivity index (χ1n) is 5.53. The van der Waals surface area contributed by atoms with Crippen LogP contribution in [-0.4, -0.2) is 4.37 Å². The summed E-state index contributed by atoms with van der Waals surface area (Å²) in [6.07, 6.45) is 4.27. The first-order valence-corrected chi connectivity index (χ1v) is 6.36. The molecule has 82 valence electrons. The predicted molar refractivity (Wildman–Crippen MR) is 68.7 cm³/mol. The summed E-state index contributed by atoms with van der Waals surface area (Å²) in [5.74, 6) is 0. The molecule has 0 saturated heterocycles. The molecule has 0 bridgehead atoms. The van der Waals surface area contributed by atoms with Crippen molar-refractivity contribution >= 4 is 17.1 Å². The number of fused-ring (bicyclic) bond motifs is 1. The molecule has 0 saturated carbocycles. The van der Waals surface area contributed by atoms with Crippen LogP contribution in [0.5, 0.6) is 0 Å². The van der Waals surface area contributed by atoms with E-state index in [1.54, 1.807) is 0 Å². The molecule has 0 fully saturated rings. The number of aromatic nitrogens is 1. The molecule has 2 nitrogen and oxygen atoms in total. The van der Waals surface area contributed by atoms with E-state index in [4.69, 9.17) is 5.26 Å². The van der Waals surface area contributed by atoms with Gasteiger partial charge < -0.3 is 0 Å². The molecular weight excluding hydrogens is 228 g/mol. The molecule has 2 aromatic rings. The van der Waals surface area contributed by atoms with Crippen molar-refractivity contribution in [3.8, 4) is 6.07 Å². The van der Waals surface area contributed by atoms with Crippen LogP contribution in [0.1, 0.15) is 28.8 Å². The molecular formula is C14H10N2S. The number of aryl methyl sites for hydroxylation is 1. The Morgan fingerprint density at radius 3 is 3.00 bits per heavy atom. The molecule has 0 unspecified atom stereocenters. The van der Waals surface area contributed by atoms with E-state index in [1.165, 1.54) is 28.2 Å². The monoisotopic (exact) mass is 238 g/mol. The highest BCUT2D eigenvalue weighted by Crippen LogP contribution is 2.31. The van der Waals surface area contributed by atoms with Crippen molar-refractivity contribution in [1.82, 2.24) is 4.37 Å². The summed E-state index contributed by atoms with van der Waals surface area (Å²) < 4.78 is 4.39. The molecule has 3 rings (SSSR count). The predicted octanol–water partition coefficient (Wildman–Crippen LogP) is 3.39. The Morgan fingerprint density at radius 2 is 2.24 bits per heavy atom. The molecule has 0 N–H and O–H groups in total. The van der Waals surface area contributed by atoms with Crippen molar-refractivity contribution in [2.24, 2.45) is 0 Å². The summed E-state index contributed by atoms with van der Waals surface area (Å²) in [5.41, 5.74) is 5.47. The number of nitrogens with zero attached hydrogens (tertiary/aromatic N) is 2. The van der Waals surface area contributed by atoms with Crippen LogP contribution >= 0.6 is 11.5 Å². The maximum Gasteiger partial charge on any atom is 0.0991 e. The summed E-state index contributed by atoms with van der Waals surface area (Å²) >= 11 is 1.47. The second kappa shape index (κ2) is 4.15. The van der Waals surface area contributed by atoms with Gasteiger partial charge in [-0.05, 0) is 53.7 Å². The third-order valence-corrected chi connectivity index (χ3v) is 3.56. The van der Waals surface area contributed by atoms with Gasteiger partial charge in [0.1, 0.15) is 0 Å². The minimum atomic E-state index is 0.739. The van der Waals surface area contributed by atoms with Crippen LogP contribution in [0.25, 0.3) is 5.57 Å². The van der Waals surface area contributed by atoms with Crippen molar-refractivity contribution in [3.05, 3.63) is 58.1 Å². The first-order chi connectivity index (χ1) is 8.38. The zero-order valence-corrected chi connectivity index (χ0v) is 10.00. The Labute approximate surface area is 104 Å². The number of hydrogen-bond donors (Lipinski definition) is 0. The zero-order chi connectivity index (χ0) is 11.7. The van der Waals surface area contributed by atoms with Gasteiger partial charge in [-0.1, -0.05) is 12.1 Å². The van der Waals surface area contributed by atoms with Gasteiger partial charge in [0.2, 0.25) is 0 Å². The molecule has 17 heavy (non-hydrogen) atoms. The van der Waals surface area contributed by atoms with Crippen LogP contribution in [-0.2, 0) is 6.42 Å². The van der Waals surface area contributed by atoms with E-state index in [1.807, 2.05) is 29.6 Å². The standard InChI is InChI=1S/C14H10N2S/c15-9-10-4-5-12-11(8-10)2-1-3-13(12)14-6-7-17-16-14/h3-8H,1-2H2. The summed E-state index contributed by atoms with van der Waals surface area (Å²) in [6.45, 7) is 0. The van der Waals surface area contributed by atoms with Gasteiger partial charge in [-0.15, -0.1) is 0 Å². The number of hydrogen-bond acceptors (Lipinski definition) is 3. The summed E-state index contributed by atoms with van der Waals surface area (Å²) in [4.78, 5) is 0. The van der Waals surface area contributed by atoms with Gasteiger partial charge in [0.05, 0.1) is 17.3 Å². The van der Waals surface area contributed by atoms with Crippen LogP contribution in [0.2, 0.25) is 0 Å². The molecule has 0 amide bonds. The van der Waals surface area contributed by atoms with Gasteiger partial charge in [-0.2, -0.15) is 9.64 Å². The molecule has 1 heterocycles. The van der Waals surface area contributed by atoms with E-state index in [9.17, 15) is 0 Å². The van der Waals surface area contributed by atoms with E-state index in [0.29, 0.717) is 0 Å². The second-order valence-corrected chi connectivity index (χ2v) is 4.69. The molecule has 0 aliphatic heterocycles. The SMILES string of the molecule is N#Cc1ccc2c(c1)CCC=C2c1ccsn1. The number of nitriles is 1. The van der Waals surface area contributed by atoms with Gasteiger partial charge in [-0.25, -0.2) is 0 Å². The van der Waals surface area contributed by atoms with E-state index in [2.05, 4.69) is 16.5 Å². The van der Waals surface area contributed by atoms with Crippen molar-refractivity contribution in [2.75, 3.05) is 0 Å². The van der Waals surface area contributed by atoms with E-state index in [0.717, 1.165) is 24.1 Å². The van der Waals surface area contributed by atoms with E-state index in [-0.39, 0.29) is 0 Å². The van der Waals surface area contributed by atoms with Gasteiger partial charge in [0.15, 0.2) is 0 Å². The minimum Gasteiger partial charge on any atom is -0.193 e. The highest BCUT2D eigenvalue weighted by atomic mass is 32.1. The van der Waals surface area contributed by atoms with Gasteiger partial charge in [0.25, 0.3) is 0 Å². The normalized spacial score (nSPS) is 13.7. The van der Waals surface area contributed by atoms with Crippen molar-refractivity contribution in [2.45, 2.75) is 12.8 Å². The fourth-order valence-corrected chi connectivity index (χ4v) is 2.73. The fourth-order valence-electron chi connectivity index (χ4n) is 2.21. The Kier molecular flexibility index (Phi) is 2.50. The largest absolute Gasteiger partial charge is 0.193 e. The third-order valence-electron chi connectivity index (χ3n) is 3.00. The Balaban J connectivity index is 2.12. The molecule has 0 spiro atoms. The lowest BCUT2D eigenvalue weighted by Gasteiger charge is -2.16. The summed E-state index contributed by atoms with van der Waals surface area (Å²) in [6, 6.07) is 10.2. The lowest BCUT2D eigenvalue weighted by atomic mass is 9.88. The Bertz CT molecular complexity index is 618. The highest BCUT2D eigenvalue weighted by Gasteiger charge is 2.15. The van der Waals surface area contributed by atoms with Gasteiger partial charge in [-0.3, -0.25) is 0 Å². The van der Waals surface area contributed by atoms with Crippen LogP contribution < -0.4 is 0 Å². The van der Waals surface area contributed by atoms with Crippen LogP contribution in [0.3, 0.4) is 0 Å². The zero-order valence-electron chi connectivity index (χ0n) is 9.18. The van der Waals surface area contributed by atoms with Crippen LogP contribution in [0, 0.1) is 11.3 Å². The fraction of sp³-hybridized carbons (Fsp3) is 0.143. The molecule has 1 aromatic carbocycles. The minimum absolute atomic E-state index is 0.739. The first kappa shape index (κ1) is 10.2. The maximum atomic E-state index is 8.91. The molecule has 1 aromatic heterocycles. The molecule has 0 atom stereocenters. The Morgan fingerprint density at radius 1 is 1.29 bits per heavy atom. The lowest BCUT2D eigenvalue weighted by Crippen LogP contribution is -2.01. The number of rotatable bonds is 1. The van der Waals surface area contributed by atoms with Crippen LogP contribution in [0.15, 0.2) is 35.7 Å². The van der Waals surface area contributed by atoms with Crippen molar-refractivity contribution in [3.63, 3.8) is 0 Å². The average molecular weight is 238 g/mol. The quantitative estimate of drug-likeness (QED) is 0.763. The molecule has 3 heteroatoms. The molecule has 1 aliphatic rings. The van der Waals surface area contributed by atoms with Gasteiger partial charge in [0, 0.05) is 11.0 Å². The Hall–Kier alpha value is -1.92. The summed E-state index contributed by atoms with van der Waals surface area (Å²) in [7, 11) is 0. The second-order valence-electron chi connectivity index (χ2n) is 4.02. The molecule has 1 aliphatic carbocycles. The summed E-state index contributed by atoms with van der Waals surface area (Å²) in [5, 5.41) is 10.9. The maximum absolute atomic E-state index is 8.91. The van der Waals surface area contributed by atoms with Gasteiger partial charge >= 0.3 is 0 Å². The highest BCUT2D eigenvalue weighted by molar-refractivity contribution is 7.03. The molecule has 0 radical (unpaired) electrons. The number of allylic oxidation sites excluding steroid dienone is 1.